The highest BCUT2D eigenvalue weighted by Gasteiger charge is 2.23. The van der Waals surface area contributed by atoms with Crippen molar-refractivity contribution in [2.75, 3.05) is 5.32 Å². The third-order valence-electron chi connectivity index (χ3n) is 5.53. The molecule has 0 unspecified atom stereocenters. The number of amides is 1. The van der Waals surface area contributed by atoms with Gasteiger partial charge in [0.1, 0.15) is 35.1 Å². The molecule has 9 heteroatoms. The molecule has 1 N–H and O–H groups in total. The molecule has 4 rings (SSSR count). The van der Waals surface area contributed by atoms with E-state index < -0.39 is 5.91 Å². The van der Waals surface area contributed by atoms with Crippen molar-refractivity contribution < 1.29 is 9.53 Å². The van der Waals surface area contributed by atoms with Crippen molar-refractivity contribution in [3.05, 3.63) is 84.2 Å². The van der Waals surface area contributed by atoms with E-state index in [9.17, 15) is 15.3 Å². The molecular formula is C26H18Cl3N3O2S. The van der Waals surface area contributed by atoms with Crippen LogP contribution in [0.4, 0.5) is 5.00 Å². The highest BCUT2D eigenvalue weighted by Crippen LogP contribution is 2.38. The van der Waals surface area contributed by atoms with Crippen molar-refractivity contribution in [2.24, 2.45) is 0 Å². The predicted molar refractivity (Wildman–Crippen MR) is 140 cm³/mol. The van der Waals surface area contributed by atoms with Crippen LogP contribution < -0.4 is 10.1 Å². The number of ether oxygens (including phenoxy) is 1. The normalized spacial score (nSPS) is 12.9. The Morgan fingerprint density at radius 3 is 2.63 bits per heavy atom. The maximum absolute atomic E-state index is 13.0. The molecule has 1 aromatic heterocycles. The molecule has 0 bridgehead atoms. The third-order valence-corrected chi connectivity index (χ3v) is 7.71. The van der Waals surface area contributed by atoms with Gasteiger partial charge < -0.3 is 10.1 Å². The summed E-state index contributed by atoms with van der Waals surface area (Å²) in [7, 11) is 0. The van der Waals surface area contributed by atoms with Crippen LogP contribution in [-0.4, -0.2) is 5.91 Å². The van der Waals surface area contributed by atoms with Gasteiger partial charge in [-0.2, -0.15) is 10.5 Å². The standard InChI is InChI=1S/C26H18Cl3N3O2S/c27-18-6-8-23(34-14-15-5-7-21(28)22(29)9-15)16(11-18)10-17(12-30)25(33)32-26-20(13-31)19-3-1-2-4-24(19)35-26/h5-11H,1-4,14H2,(H,32,33)/b17-10+. The van der Waals surface area contributed by atoms with Crippen LogP contribution in [0.15, 0.2) is 42.0 Å². The van der Waals surface area contributed by atoms with E-state index in [-0.39, 0.29) is 12.2 Å². The van der Waals surface area contributed by atoms with E-state index in [0.29, 0.717) is 36.9 Å². The highest BCUT2D eigenvalue weighted by molar-refractivity contribution is 7.16. The van der Waals surface area contributed by atoms with Crippen LogP contribution in [0.3, 0.4) is 0 Å². The number of halogens is 3. The Morgan fingerprint density at radius 1 is 1.09 bits per heavy atom. The number of nitrogens with one attached hydrogen (secondary N) is 1. The van der Waals surface area contributed by atoms with Gasteiger partial charge in [-0.25, -0.2) is 0 Å². The third kappa shape index (κ3) is 5.81. The van der Waals surface area contributed by atoms with Crippen molar-refractivity contribution in [1.29, 1.82) is 10.5 Å². The van der Waals surface area contributed by atoms with Gasteiger partial charge in [0.2, 0.25) is 0 Å². The first kappa shape index (κ1) is 25.1. The zero-order valence-electron chi connectivity index (χ0n) is 18.3. The summed E-state index contributed by atoms with van der Waals surface area (Å²) >= 11 is 19.6. The van der Waals surface area contributed by atoms with Gasteiger partial charge >= 0.3 is 0 Å². The van der Waals surface area contributed by atoms with Crippen LogP contribution in [-0.2, 0) is 24.2 Å². The summed E-state index contributed by atoms with van der Waals surface area (Å²) in [6.07, 6.45) is 5.23. The van der Waals surface area contributed by atoms with Crippen molar-refractivity contribution >= 4 is 63.1 Å². The van der Waals surface area contributed by atoms with E-state index in [1.54, 1.807) is 36.4 Å². The number of thiophene rings is 1. The lowest BCUT2D eigenvalue weighted by Crippen LogP contribution is -2.13. The molecule has 1 heterocycles. The monoisotopic (exact) mass is 541 g/mol. The average molecular weight is 543 g/mol. The van der Waals surface area contributed by atoms with Crippen LogP contribution in [0.25, 0.3) is 6.08 Å². The Labute approximate surface area is 222 Å². The van der Waals surface area contributed by atoms with Gasteiger partial charge in [0.25, 0.3) is 5.91 Å². The number of carbonyl (C=O) groups is 1. The summed E-state index contributed by atoms with van der Waals surface area (Å²) in [5, 5.41) is 23.9. The molecule has 1 aliphatic carbocycles. The van der Waals surface area contributed by atoms with Gasteiger partial charge in [-0.3, -0.25) is 4.79 Å². The number of nitrogens with zero attached hydrogens (tertiary/aromatic N) is 2. The second-order valence-corrected chi connectivity index (χ2v) is 10.2. The van der Waals surface area contributed by atoms with E-state index in [1.807, 2.05) is 6.07 Å². The number of rotatable bonds is 6. The van der Waals surface area contributed by atoms with E-state index >= 15 is 0 Å². The Kier molecular flexibility index (Phi) is 8.00. The first-order valence-electron chi connectivity index (χ1n) is 10.7. The number of carbonyl (C=O) groups excluding carboxylic acids is 1. The summed E-state index contributed by atoms with van der Waals surface area (Å²) in [5.74, 6) is -0.164. The molecule has 0 radical (unpaired) electrons. The summed E-state index contributed by atoms with van der Waals surface area (Å²) in [6, 6.07) is 14.3. The summed E-state index contributed by atoms with van der Waals surface area (Å²) < 4.78 is 5.92. The number of nitriles is 2. The molecule has 0 saturated carbocycles. The van der Waals surface area contributed by atoms with Gasteiger partial charge in [-0.05, 0) is 73.2 Å². The van der Waals surface area contributed by atoms with Crippen LogP contribution in [0.2, 0.25) is 15.1 Å². The van der Waals surface area contributed by atoms with Crippen LogP contribution in [0, 0.1) is 22.7 Å². The zero-order chi connectivity index (χ0) is 24.9. The quantitative estimate of drug-likeness (QED) is 0.257. The molecule has 0 spiro atoms. The minimum atomic E-state index is -0.599. The fourth-order valence-corrected chi connectivity index (χ4v) is 5.54. The lowest BCUT2D eigenvalue weighted by atomic mass is 9.96. The highest BCUT2D eigenvalue weighted by atomic mass is 35.5. The lowest BCUT2D eigenvalue weighted by Gasteiger charge is -2.11. The molecule has 0 atom stereocenters. The van der Waals surface area contributed by atoms with Crippen LogP contribution >= 0.6 is 46.1 Å². The van der Waals surface area contributed by atoms with E-state index in [1.165, 1.54) is 17.4 Å². The minimum Gasteiger partial charge on any atom is -0.488 e. The van der Waals surface area contributed by atoms with Gasteiger partial charge in [0.15, 0.2) is 0 Å². The number of fused-ring (bicyclic) bond motifs is 1. The summed E-state index contributed by atoms with van der Waals surface area (Å²) in [5.41, 5.74) is 2.63. The molecule has 0 saturated heterocycles. The summed E-state index contributed by atoms with van der Waals surface area (Å²) in [4.78, 5) is 14.1. The van der Waals surface area contributed by atoms with E-state index in [0.717, 1.165) is 41.7 Å². The van der Waals surface area contributed by atoms with E-state index in [2.05, 4.69) is 11.4 Å². The van der Waals surface area contributed by atoms with Crippen molar-refractivity contribution in [1.82, 2.24) is 0 Å². The van der Waals surface area contributed by atoms with Gasteiger partial charge in [-0.15, -0.1) is 11.3 Å². The second-order valence-electron chi connectivity index (χ2n) is 7.87. The molecule has 2 aromatic carbocycles. The maximum Gasteiger partial charge on any atom is 0.266 e. The number of anilines is 1. The molecule has 1 amide bonds. The Balaban J connectivity index is 1.58. The Bertz CT molecular complexity index is 1420. The average Bonchev–Trinajstić information content (AvgIpc) is 3.20. The topological polar surface area (TPSA) is 85.9 Å². The van der Waals surface area contributed by atoms with Crippen molar-refractivity contribution in [3.8, 4) is 17.9 Å². The first-order chi connectivity index (χ1) is 16.9. The predicted octanol–water partition coefficient (Wildman–Crippen LogP) is 7.58. The van der Waals surface area contributed by atoms with Crippen LogP contribution in [0.5, 0.6) is 5.75 Å². The lowest BCUT2D eigenvalue weighted by molar-refractivity contribution is -0.112. The Hall–Kier alpha value is -3.00. The Morgan fingerprint density at radius 2 is 1.89 bits per heavy atom. The second kappa shape index (κ2) is 11.2. The molecule has 5 nitrogen and oxygen atoms in total. The number of aryl methyl sites for hydroxylation is 1. The number of benzene rings is 2. The summed E-state index contributed by atoms with van der Waals surface area (Å²) in [6.45, 7) is 0.194. The molecule has 0 aliphatic heterocycles. The van der Waals surface area contributed by atoms with Crippen molar-refractivity contribution in [2.45, 2.75) is 32.3 Å². The van der Waals surface area contributed by atoms with Crippen molar-refractivity contribution in [3.63, 3.8) is 0 Å². The smallest absolute Gasteiger partial charge is 0.266 e. The molecule has 1 aliphatic rings. The van der Waals surface area contributed by atoms with Gasteiger partial charge in [0.05, 0.1) is 15.6 Å². The number of hydrogen-bond donors (Lipinski definition) is 1. The SMILES string of the molecule is N#C/C(=C\c1cc(Cl)ccc1OCc1ccc(Cl)c(Cl)c1)C(=O)Nc1sc2c(c1C#N)CCCC2. The first-order valence-corrected chi connectivity index (χ1v) is 12.7. The fourth-order valence-electron chi connectivity index (χ4n) is 3.80. The largest absolute Gasteiger partial charge is 0.488 e. The van der Waals surface area contributed by atoms with E-state index in [4.69, 9.17) is 39.5 Å². The van der Waals surface area contributed by atoms with Crippen LogP contribution in [0.1, 0.15) is 40.0 Å². The molecule has 0 fully saturated rings. The minimum absolute atomic E-state index is 0.137. The number of hydrogen-bond acceptors (Lipinski definition) is 5. The molecule has 35 heavy (non-hydrogen) atoms. The molecule has 176 valence electrons. The van der Waals surface area contributed by atoms with Gasteiger partial charge in [-0.1, -0.05) is 40.9 Å². The fraction of sp³-hybridized carbons (Fsp3) is 0.192. The molecular weight excluding hydrogens is 525 g/mol. The van der Waals surface area contributed by atoms with Gasteiger partial charge in [0, 0.05) is 15.5 Å². The molecule has 3 aromatic rings. The maximum atomic E-state index is 13.0. The zero-order valence-corrected chi connectivity index (χ0v) is 21.4.